The minimum atomic E-state index is -0.869. The Morgan fingerprint density at radius 1 is 1.31 bits per heavy atom. The zero-order valence-corrected chi connectivity index (χ0v) is 14.6. The van der Waals surface area contributed by atoms with Gasteiger partial charge in [-0.1, -0.05) is 12.5 Å². The second-order valence-corrected chi connectivity index (χ2v) is 7.73. The summed E-state index contributed by atoms with van der Waals surface area (Å²) in [4.78, 5) is 30.1. The number of carboxylic acid groups (broad SMARTS) is 1. The van der Waals surface area contributed by atoms with Crippen LogP contribution in [0.4, 0.5) is 8.78 Å². The van der Waals surface area contributed by atoms with E-state index in [1.54, 1.807) is 0 Å². The third kappa shape index (κ3) is 2.51. The molecule has 4 rings (SSSR count). The van der Waals surface area contributed by atoms with Crippen LogP contribution in [0.2, 0.25) is 0 Å². The minimum Gasteiger partial charge on any atom is -0.481 e. The van der Waals surface area contributed by atoms with Crippen LogP contribution in [-0.2, 0) is 4.79 Å². The van der Waals surface area contributed by atoms with Crippen LogP contribution in [0.25, 0.3) is 10.6 Å². The zero-order valence-electron chi connectivity index (χ0n) is 13.7. The van der Waals surface area contributed by atoms with E-state index in [1.165, 1.54) is 16.3 Å². The predicted octanol–water partition coefficient (Wildman–Crippen LogP) is 3.42. The Kier molecular flexibility index (Phi) is 4.02. The summed E-state index contributed by atoms with van der Waals surface area (Å²) in [6, 6.07) is 3.54. The van der Waals surface area contributed by atoms with Gasteiger partial charge in [0.25, 0.3) is 5.91 Å². The van der Waals surface area contributed by atoms with Gasteiger partial charge in [-0.05, 0) is 30.9 Å². The van der Waals surface area contributed by atoms with Crippen molar-refractivity contribution in [2.75, 3.05) is 13.1 Å². The first-order valence-corrected chi connectivity index (χ1v) is 9.23. The number of thiazole rings is 1. The maximum absolute atomic E-state index is 13.9. The number of likely N-dealkylation sites (tertiary alicyclic amines) is 1. The average Bonchev–Trinajstić information content (AvgIpc) is 3.28. The SMILES string of the molecule is O=C(c1csc(-c2c(F)cccc2F)n1)N1C[C@@H]2CCC[C@@]2(C(=O)O)C1. The lowest BCUT2D eigenvalue weighted by Gasteiger charge is -2.23. The fraction of sp³-hybridized carbons (Fsp3) is 0.389. The number of carboxylic acids is 1. The van der Waals surface area contributed by atoms with Crippen molar-refractivity contribution < 1.29 is 23.5 Å². The molecule has 26 heavy (non-hydrogen) atoms. The first kappa shape index (κ1) is 17.1. The second kappa shape index (κ2) is 6.12. The summed E-state index contributed by atoms with van der Waals surface area (Å²) in [6.07, 6.45) is 2.21. The molecule has 1 aliphatic carbocycles. The summed E-state index contributed by atoms with van der Waals surface area (Å²) in [5.41, 5.74) is -1.03. The van der Waals surface area contributed by atoms with Crippen LogP contribution in [-0.4, -0.2) is 40.0 Å². The fourth-order valence-corrected chi connectivity index (χ4v) is 4.99. The molecule has 2 heterocycles. The normalized spacial score (nSPS) is 24.7. The number of hydrogen-bond acceptors (Lipinski definition) is 4. The monoisotopic (exact) mass is 378 g/mol. The van der Waals surface area contributed by atoms with Crippen molar-refractivity contribution in [2.24, 2.45) is 11.3 Å². The topological polar surface area (TPSA) is 70.5 Å². The second-order valence-electron chi connectivity index (χ2n) is 6.87. The van der Waals surface area contributed by atoms with Gasteiger partial charge in [-0.3, -0.25) is 9.59 Å². The number of aliphatic carboxylic acids is 1. The van der Waals surface area contributed by atoms with E-state index >= 15 is 0 Å². The first-order valence-electron chi connectivity index (χ1n) is 8.35. The summed E-state index contributed by atoms with van der Waals surface area (Å²) in [6.45, 7) is 0.540. The van der Waals surface area contributed by atoms with Crippen molar-refractivity contribution in [3.8, 4) is 10.6 Å². The summed E-state index contributed by atoms with van der Waals surface area (Å²) >= 11 is 0.990. The standard InChI is InChI=1S/C18H16F2N2O3S/c19-11-4-1-5-12(20)14(11)15-21-13(8-26-15)16(23)22-7-10-3-2-6-18(10,9-22)17(24)25/h1,4-5,8,10H,2-3,6-7,9H2,(H,24,25)/t10-,18+/m0/s1. The summed E-state index contributed by atoms with van der Waals surface area (Å²) in [7, 11) is 0. The molecule has 0 spiro atoms. The van der Waals surface area contributed by atoms with E-state index in [2.05, 4.69) is 4.98 Å². The van der Waals surface area contributed by atoms with Crippen LogP contribution >= 0.6 is 11.3 Å². The number of carbonyl (C=O) groups is 2. The van der Waals surface area contributed by atoms with Crippen molar-refractivity contribution in [3.05, 3.63) is 40.9 Å². The van der Waals surface area contributed by atoms with Gasteiger partial charge in [-0.15, -0.1) is 11.3 Å². The lowest BCUT2D eigenvalue weighted by molar-refractivity contribution is -0.149. The molecule has 1 aromatic heterocycles. The van der Waals surface area contributed by atoms with E-state index < -0.39 is 23.0 Å². The Hall–Kier alpha value is -2.35. The molecule has 2 aliphatic rings. The number of benzene rings is 1. The molecule has 1 aliphatic heterocycles. The molecule has 1 N–H and O–H groups in total. The number of rotatable bonds is 3. The van der Waals surface area contributed by atoms with Crippen molar-refractivity contribution >= 4 is 23.2 Å². The molecule has 8 heteroatoms. The summed E-state index contributed by atoms with van der Waals surface area (Å²) < 4.78 is 27.8. The molecule has 1 amide bonds. The number of aromatic nitrogens is 1. The van der Waals surface area contributed by atoms with E-state index in [4.69, 9.17) is 0 Å². The summed E-state index contributed by atoms with van der Waals surface area (Å²) in [5, 5.41) is 11.2. The minimum absolute atomic E-state index is 0.0499. The number of fused-ring (bicyclic) bond motifs is 1. The largest absolute Gasteiger partial charge is 0.481 e. The number of halogens is 2. The maximum Gasteiger partial charge on any atom is 0.311 e. The van der Waals surface area contributed by atoms with Crippen LogP contribution in [0.15, 0.2) is 23.6 Å². The van der Waals surface area contributed by atoms with Gasteiger partial charge in [0.15, 0.2) is 0 Å². The molecule has 136 valence electrons. The van der Waals surface area contributed by atoms with E-state index in [-0.39, 0.29) is 34.6 Å². The smallest absolute Gasteiger partial charge is 0.311 e. The molecule has 0 unspecified atom stereocenters. The molecule has 5 nitrogen and oxygen atoms in total. The van der Waals surface area contributed by atoms with Gasteiger partial charge in [0.1, 0.15) is 22.3 Å². The molecular formula is C18H16F2N2O3S. The van der Waals surface area contributed by atoms with Crippen LogP contribution in [0, 0.1) is 23.0 Å². The Bertz CT molecular complexity index is 880. The highest BCUT2D eigenvalue weighted by Crippen LogP contribution is 2.49. The van der Waals surface area contributed by atoms with Gasteiger partial charge < -0.3 is 10.0 Å². The zero-order chi connectivity index (χ0) is 18.5. The molecule has 2 aromatic rings. The average molecular weight is 378 g/mol. The molecule has 1 aromatic carbocycles. The maximum atomic E-state index is 13.9. The van der Waals surface area contributed by atoms with Gasteiger partial charge in [-0.2, -0.15) is 0 Å². The third-order valence-electron chi connectivity index (χ3n) is 5.48. The Labute approximate surface area is 152 Å². The fourth-order valence-electron chi connectivity index (χ4n) is 4.14. The Balaban J connectivity index is 1.59. The highest BCUT2D eigenvalue weighted by atomic mass is 32.1. The van der Waals surface area contributed by atoms with Crippen LogP contribution in [0.1, 0.15) is 29.8 Å². The Morgan fingerprint density at radius 2 is 2.04 bits per heavy atom. The highest BCUT2D eigenvalue weighted by molar-refractivity contribution is 7.13. The van der Waals surface area contributed by atoms with Crippen molar-refractivity contribution in [3.63, 3.8) is 0 Å². The Morgan fingerprint density at radius 3 is 2.69 bits per heavy atom. The van der Waals surface area contributed by atoms with Gasteiger partial charge in [-0.25, -0.2) is 13.8 Å². The van der Waals surface area contributed by atoms with Gasteiger partial charge in [0, 0.05) is 18.5 Å². The molecule has 1 saturated heterocycles. The van der Waals surface area contributed by atoms with Crippen LogP contribution < -0.4 is 0 Å². The van der Waals surface area contributed by atoms with E-state index in [0.717, 1.165) is 36.3 Å². The first-order chi connectivity index (χ1) is 12.4. The number of nitrogens with zero attached hydrogens (tertiary/aromatic N) is 2. The lowest BCUT2D eigenvalue weighted by atomic mass is 9.81. The van der Waals surface area contributed by atoms with Crippen LogP contribution in [0.3, 0.4) is 0 Å². The molecule has 1 saturated carbocycles. The van der Waals surface area contributed by atoms with Gasteiger partial charge in [0.05, 0.1) is 11.0 Å². The molecule has 0 radical (unpaired) electrons. The lowest BCUT2D eigenvalue weighted by Crippen LogP contribution is -2.37. The van der Waals surface area contributed by atoms with Crippen LogP contribution in [0.5, 0.6) is 0 Å². The van der Waals surface area contributed by atoms with Gasteiger partial charge >= 0.3 is 5.97 Å². The van der Waals surface area contributed by atoms with E-state index in [0.29, 0.717) is 13.0 Å². The number of amides is 1. The van der Waals surface area contributed by atoms with Crippen molar-refractivity contribution in [1.29, 1.82) is 0 Å². The quantitative estimate of drug-likeness (QED) is 0.889. The van der Waals surface area contributed by atoms with E-state index in [9.17, 15) is 23.5 Å². The van der Waals surface area contributed by atoms with Gasteiger partial charge in [0.2, 0.25) is 0 Å². The predicted molar refractivity (Wildman–Crippen MR) is 90.8 cm³/mol. The van der Waals surface area contributed by atoms with E-state index in [1.807, 2.05) is 0 Å². The molecule has 2 atom stereocenters. The highest BCUT2D eigenvalue weighted by Gasteiger charge is 2.56. The number of hydrogen-bond donors (Lipinski definition) is 1. The van der Waals surface area contributed by atoms with Crippen molar-refractivity contribution in [2.45, 2.75) is 19.3 Å². The molecule has 0 bridgehead atoms. The number of carbonyl (C=O) groups excluding carboxylic acids is 1. The molecular weight excluding hydrogens is 362 g/mol. The molecule has 2 fully saturated rings. The van der Waals surface area contributed by atoms with Crippen molar-refractivity contribution in [1.82, 2.24) is 9.88 Å². The summed E-state index contributed by atoms with van der Waals surface area (Å²) in [5.74, 6) is -2.77. The third-order valence-corrected chi connectivity index (χ3v) is 6.34.